The lowest BCUT2D eigenvalue weighted by atomic mass is 9.82. The van der Waals surface area contributed by atoms with E-state index in [2.05, 4.69) is 5.32 Å². The molecule has 0 aromatic rings. The maximum Gasteiger partial charge on any atom is 0.333 e. The van der Waals surface area contributed by atoms with Crippen molar-refractivity contribution in [3.05, 3.63) is 22.5 Å². The van der Waals surface area contributed by atoms with Crippen LogP contribution in [0.25, 0.3) is 0 Å². The number of carboxylic acids is 2. The monoisotopic (exact) mass is 253 g/mol. The van der Waals surface area contributed by atoms with Gasteiger partial charge in [0.25, 0.3) is 0 Å². The first-order chi connectivity index (χ1) is 8.40. The molecule has 5 nitrogen and oxygen atoms in total. The first-order valence-corrected chi connectivity index (χ1v) is 6.05. The van der Waals surface area contributed by atoms with Crippen LogP contribution in [0.1, 0.15) is 40.0 Å². The molecule has 0 saturated carbocycles. The predicted octanol–water partition coefficient (Wildman–Crippen LogP) is 2.11. The smallest absolute Gasteiger partial charge is 0.333 e. The fourth-order valence-corrected chi connectivity index (χ4v) is 2.40. The highest BCUT2D eigenvalue weighted by molar-refractivity contribution is 5.96. The van der Waals surface area contributed by atoms with Crippen LogP contribution in [0.15, 0.2) is 22.5 Å². The quantitative estimate of drug-likeness (QED) is 0.698. The van der Waals surface area contributed by atoms with Gasteiger partial charge in [0, 0.05) is 17.3 Å². The van der Waals surface area contributed by atoms with Gasteiger partial charge < -0.3 is 15.5 Å². The van der Waals surface area contributed by atoms with Crippen LogP contribution < -0.4 is 5.32 Å². The molecule has 1 aliphatic rings. The molecule has 0 aromatic carbocycles. The van der Waals surface area contributed by atoms with Crippen LogP contribution in [0.5, 0.6) is 0 Å². The van der Waals surface area contributed by atoms with Gasteiger partial charge in [0.2, 0.25) is 0 Å². The fourth-order valence-electron chi connectivity index (χ4n) is 2.40. The van der Waals surface area contributed by atoms with Gasteiger partial charge >= 0.3 is 11.9 Å². The summed E-state index contributed by atoms with van der Waals surface area (Å²) in [7, 11) is 0. The Morgan fingerprint density at radius 2 is 1.56 bits per heavy atom. The standard InChI is InChI=1S/C13H19NO4/c1-4-5-6-9-10(12(15)16)7(2)14-8(3)11(9)13(17)18/h9,14H,4-6H2,1-3H3,(H,15,16)(H,17,18). The minimum absolute atomic E-state index is 0.173. The number of unbranched alkanes of at least 4 members (excludes halogenated alkanes) is 1. The van der Waals surface area contributed by atoms with Crippen molar-refractivity contribution in [1.82, 2.24) is 5.32 Å². The van der Waals surface area contributed by atoms with Crippen LogP contribution in [0, 0.1) is 5.92 Å². The van der Waals surface area contributed by atoms with Gasteiger partial charge in [0.15, 0.2) is 0 Å². The second-order valence-corrected chi connectivity index (χ2v) is 4.51. The van der Waals surface area contributed by atoms with E-state index in [1.807, 2.05) is 6.92 Å². The molecular weight excluding hydrogens is 234 g/mol. The van der Waals surface area contributed by atoms with Crippen LogP contribution in [0.4, 0.5) is 0 Å². The molecule has 0 atom stereocenters. The molecule has 0 amide bonds. The lowest BCUT2D eigenvalue weighted by Gasteiger charge is -2.28. The van der Waals surface area contributed by atoms with Crippen LogP contribution in [0.2, 0.25) is 0 Å². The molecule has 1 rings (SSSR count). The highest BCUT2D eigenvalue weighted by atomic mass is 16.4. The Bertz CT molecular complexity index is 398. The molecule has 18 heavy (non-hydrogen) atoms. The molecule has 0 unspecified atom stereocenters. The molecule has 0 saturated heterocycles. The Morgan fingerprint density at radius 1 is 1.11 bits per heavy atom. The largest absolute Gasteiger partial charge is 0.478 e. The second kappa shape index (κ2) is 5.71. The number of rotatable bonds is 5. The minimum atomic E-state index is -1.05. The number of carboxylic acid groups (broad SMARTS) is 2. The van der Waals surface area contributed by atoms with Crippen molar-refractivity contribution in [2.45, 2.75) is 40.0 Å². The summed E-state index contributed by atoms with van der Waals surface area (Å²) >= 11 is 0. The van der Waals surface area contributed by atoms with Gasteiger partial charge in [-0.2, -0.15) is 0 Å². The van der Waals surface area contributed by atoms with E-state index in [-0.39, 0.29) is 11.1 Å². The molecule has 0 radical (unpaired) electrons. The van der Waals surface area contributed by atoms with Crippen LogP contribution in [-0.2, 0) is 9.59 Å². The average Bonchev–Trinajstić information content (AvgIpc) is 2.23. The topological polar surface area (TPSA) is 86.6 Å². The van der Waals surface area contributed by atoms with Crippen molar-refractivity contribution in [3.63, 3.8) is 0 Å². The number of hydrogen-bond donors (Lipinski definition) is 3. The van der Waals surface area contributed by atoms with Gasteiger partial charge in [-0.3, -0.25) is 0 Å². The third kappa shape index (κ3) is 2.72. The van der Waals surface area contributed by atoms with E-state index in [9.17, 15) is 19.8 Å². The lowest BCUT2D eigenvalue weighted by Crippen LogP contribution is -2.32. The summed E-state index contributed by atoms with van der Waals surface area (Å²) in [5.74, 6) is -2.62. The molecule has 100 valence electrons. The summed E-state index contributed by atoms with van der Waals surface area (Å²) in [6.45, 7) is 5.34. The highest BCUT2D eigenvalue weighted by Gasteiger charge is 2.34. The van der Waals surface area contributed by atoms with Crippen LogP contribution >= 0.6 is 0 Å². The number of allylic oxidation sites excluding steroid dienone is 2. The lowest BCUT2D eigenvalue weighted by molar-refractivity contribution is -0.134. The Hall–Kier alpha value is -1.78. The molecule has 0 aromatic heterocycles. The van der Waals surface area contributed by atoms with E-state index in [1.54, 1.807) is 13.8 Å². The normalized spacial score (nSPS) is 16.8. The van der Waals surface area contributed by atoms with Gasteiger partial charge in [-0.05, 0) is 20.3 Å². The van der Waals surface area contributed by atoms with E-state index in [0.717, 1.165) is 12.8 Å². The summed E-state index contributed by atoms with van der Waals surface area (Å²) < 4.78 is 0. The zero-order valence-electron chi connectivity index (χ0n) is 10.9. The van der Waals surface area contributed by atoms with Crippen molar-refractivity contribution in [3.8, 4) is 0 Å². The fraction of sp³-hybridized carbons (Fsp3) is 0.538. The average molecular weight is 253 g/mol. The number of dihydropyridines is 1. The third-order valence-corrected chi connectivity index (χ3v) is 3.19. The van der Waals surface area contributed by atoms with E-state index in [4.69, 9.17) is 0 Å². The molecule has 1 heterocycles. The molecule has 0 fully saturated rings. The number of nitrogens with one attached hydrogen (secondary N) is 1. The number of aliphatic carboxylic acids is 2. The van der Waals surface area contributed by atoms with Gasteiger partial charge in [0.05, 0.1) is 11.1 Å². The molecule has 5 heteroatoms. The first-order valence-electron chi connectivity index (χ1n) is 6.05. The molecule has 0 spiro atoms. The summed E-state index contributed by atoms with van der Waals surface area (Å²) in [4.78, 5) is 22.6. The Balaban J connectivity index is 3.21. The number of carbonyl (C=O) groups is 2. The molecule has 0 aliphatic carbocycles. The zero-order chi connectivity index (χ0) is 13.9. The van der Waals surface area contributed by atoms with Gasteiger partial charge in [0.1, 0.15) is 0 Å². The Kier molecular flexibility index (Phi) is 4.53. The summed E-state index contributed by atoms with van der Waals surface area (Å²) in [6.07, 6.45) is 2.26. The predicted molar refractivity (Wildman–Crippen MR) is 66.8 cm³/mol. The van der Waals surface area contributed by atoms with E-state index in [0.29, 0.717) is 17.8 Å². The maximum absolute atomic E-state index is 11.3. The van der Waals surface area contributed by atoms with Crippen molar-refractivity contribution in [2.24, 2.45) is 5.92 Å². The summed E-state index contributed by atoms with van der Waals surface area (Å²) in [5, 5.41) is 21.3. The Labute approximate surface area is 106 Å². The van der Waals surface area contributed by atoms with E-state index >= 15 is 0 Å². The van der Waals surface area contributed by atoms with Crippen LogP contribution in [-0.4, -0.2) is 22.2 Å². The molecule has 0 bridgehead atoms. The third-order valence-electron chi connectivity index (χ3n) is 3.19. The zero-order valence-corrected chi connectivity index (χ0v) is 10.9. The van der Waals surface area contributed by atoms with Gasteiger partial charge in [-0.1, -0.05) is 19.8 Å². The summed E-state index contributed by atoms with van der Waals surface area (Å²) in [5.41, 5.74) is 1.41. The Morgan fingerprint density at radius 3 is 1.89 bits per heavy atom. The van der Waals surface area contributed by atoms with Crippen molar-refractivity contribution in [2.75, 3.05) is 0 Å². The first kappa shape index (κ1) is 14.3. The van der Waals surface area contributed by atoms with Gasteiger partial charge in [-0.15, -0.1) is 0 Å². The van der Waals surface area contributed by atoms with Gasteiger partial charge in [-0.25, -0.2) is 9.59 Å². The van der Waals surface area contributed by atoms with Crippen molar-refractivity contribution >= 4 is 11.9 Å². The maximum atomic E-state index is 11.3. The highest BCUT2D eigenvalue weighted by Crippen LogP contribution is 2.33. The second-order valence-electron chi connectivity index (χ2n) is 4.51. The van der Waals surface area contributed by atoms with Crippen molar-refractivity contribution in [1.29, 1.82) is 0 Å². The molecule has 3 N–H and O–H groups in total. The van der Waals surface area contributed by atoms with E-state index in [1.165, 1.54) is 0 Å². The number of hydrogen-bond acceptors (Lipinski definition) is 3. The minimum Gasteiger partial charge on any atom is -0.478 e. The van der Waals surface area contributed by atoms with Crippen molar-refractivity contribution < 1.29 is 19.8 Å². The van der Waals surface area contributed by atoms with Crippen LogP contribution in [0.3, 0.4) is 0 Å². The molecular formula is C13H19NO4. The summed E-state index contributed by atoms with van der Waals surface area (Å²) in [6, 6.07) is 0. The SMILES string of the molecule is CCCCC1C(C(=O)O)=C(C)NC(C)=C1C(=O)O. The van der Waals surface area contributed by atoms with E-state index < -0.39 is 17.9 Å². The molecule has 1 aliphatic heterocycles.